The number of anilines is 1. The summed E-state index contributed by atoms with van der Waals surface area (Å²) in [5.74, 6) is 0. The number of nitrogens with zero attached hydrogens (tertiary/aromatic N) is 1. The molecule has 1 heterocycles. The van der Waals surface area contributed by atoms with Gasteiger partial charge in [0.15, 0.2) is 0 Å². The third-order valence-electron chi connectivity index (χ3n) is 3.84. The fraction of sp³-hybridized carbons (Fsp3) is 0.263. The van der Waals surface area contributed by atoms with Crippen LogP contribution in [0.25, 0.3) is 0 Å². The van der Waals surface area contributed by atoms with Gasteiger partial charge in [-0.3, -0.25) is 4.90 Å². The highest BCUT2D eigenvalue weighted by Crippen LogP contribution is 2.14. The van der Waals surface area contributed by atoms with E-state index < -0.39 is 0 Å². The van der Waals surface area contributed by atoms with Crippen LogP contribution in [0.2, 0.25) is 0 Å². The smallest absolute Gasteiger partial charge is 0.0400 e. The summed E-state index contributed by atoms with van der Waals surface area (Å²) in [6.07, 6.45) is 5.71. The first-order valence-corrected chi connectivity index (χ1v) is 7.64. The molecule has 0 saturated carbocycles. The van der Waals surface area contributed by atoms with E-state index >= 15 is 0 Å². The molecule has 0 saturated heterocycles. The van der Waals surface area contributed by atoms with Gasteiger partial charge in [-0.1, -0.05) is 54.6 Å². The Kier molecular flexibility index (Phi) is 4.70. The van der Waals surface area contributed by atoms with Gasteiger partial charge in [-0.05, 0) is 29.7 Å². The van der Waals surface area contributed by atoms with Crippen LogP contribution >= 0.6 is 0 Å². The second-order valence-corrected chi connectivity index (χ2v) is 5.53. The fourth-order valence-corrected chi connectivity index (χ4v) is 2.62. The van der Waals surface area contributed by atoms with Gasteiger partial charge < -0.3 is 5.32 Å². The lowest BCUT2D eigenvalue weighted by molar-refractivity contribution is 0.291. The average molecular weight is 278 g/mol. The molecule has 2 aromatic rings. The number of hydrogen-bond acceptors (Lipinski definition) is 2. The quantitative estimate of drug-likeness (QED) is 0.830. The Bertz CT molecular complexity index is 572. The molecule has 0 fully saturated rings. The van der Waals surface area contributed by atoms with E-state index in [1.807, 2.05) is 6.07 Å². The van der Waals surface area contributed by atoms with Crippen LogP contribution in [-0.4, -0.2) is 18.0 Å². The summed E-state index contributed by atoms with van der Waals surface area (Å²) in [5.41, 5.74) is 3.87. The molecule has 0 amide bonds. The summed E-state index contributed by atoms with van der Waals surface area (Å²) in [5, 5.41) is 3.47. The van der Waals surface area contributed by atoms with Gasteiger partial charge in [-0.2, -0.15) is 0 Å². The van der Waals surface area contributed by atoms with Crippen molar-refractivity contribution in [1.29, 1.82) is 0 Å². The largest absolute Gasteiger partial charge is 0.381 e. The van der Waals surface area contributed by atoms with Gasteiger partial charge in [0.25, 0.3) is 0 Å². The molecule has 0 unspecified atom stereocenters. The zero-order valence-corrected chi connectivity index (χ0v) is 12.3. The van der Waals surface area contributed by atoms with Gasteiger partial charge in [-0.15, -0.1) is 0 Å². The molecule has 0 bridgehead atoms. The molecule has 21 heavy (non-hydrogen) atoms. The minimum absolute atomic E-state index is 0.872. The van der Waals surface area contributed by atoms with E-state index in [0.717, 1.165) is 19.6 Å². The summed E-state index contributed by atoms with van der Waals surface area (Å²) in [4.78, 5) is 2.48. The molecule has 0 atom stereocenters. The summed E-state index contributed by atoms with van der Waals surface area (Å²) < 4.78 is 0. The molecule has 1 aliphatic heterocycles. The summed E-state index contributed by atoms with van der Waals surface area (Å²) in [6.45, 7) is 4.17. The van der Waals surface area contributed by atoms with Crippen molar-refractivity contribution in [2.75, 3.05) is 18.4 Å². The molecule has 1 N–H and O–H groups in total. The number of nitrogens with one attached hydrogen (secondary N) is 1. The van der Waals surface area contributed by atoms with E-state index in [2.05, 4.69) is 70.9 Å². The van der Waals surface area contributed by atoms with Crippen molar-refractivity contribution in [2.45, 2.75) is 19.5 Å². The highest BCUT2D eigenvalue weighted by molar-refractivity contribution is 5.45. The van der Waals surface area contributed by atoms with Crippen molar-refractivity contribution in [3.63, 3.8) is 0 Å². The molecule has 2 heteroatoms. The highest BCUT2D eigenvalue weighted by atomic mass is 15.1. The third-order valence-corrected chi connectivity index (χ3v) is 3.84. The molecule has 3 rings (SSSR count). The monoisotopic (exact) mass is 278 g/mol. The van der Waals surface area contributed by atoms with Crippen LogP contribution in [0.4, 0.5) is 5.69 Å². The Labute approximate surface area is 127 Å². The Balaban J connectivity index is 1.53. The highest BCUT2D eigenvalue weighted by Gasteiger charge is 2.06. The zero-order chi connectivity index (χ0) is 14.3. The molecular weight excluding hydrogens is 256 g/mol. The normalized spacial score (nSPS) is 15.0. The SMILES string of the molecule is C1=CCN(Cc2ccc(NCc3ccccc3)cc2)CC1. The third kappa shape index (κ3) is 4.20. The molecule has 2 aromatic carbocycles. The zero-order valence-electron chi connectivity index (χ0n) is 12.3. The molecule has 0 spiro atoms. The van der Waals surface area contributed by atoms with Gasteiger partial charge in [0, 0.05) is 31.9 Å². The van der Waals surface area contributed by atoms with Crippen molar-refractivity contribution in [1.82, 2.24) is 4.90 Å². The maximum Gasteiger partial charge on any atom is 0.0400 e. The summed E-state index contributed by atoms with van der Waals surface area (Å²) >= 11 is 0. The van der Waals surface area contributed by atoms with Crippen LogP contribution in [0, 0.1) is 0 Å². The molecule has 0 radical (unpaired) electrons. The van der Waals surface area contributed by atoms with Crippen LogP contribution in [0.15, 0.2) is 66.7 Å². The first-order chi connectivity index (χ1) is 10.4. The van der Waals surface area contributed by atoms with E-state index in [0.29, 0.717) is 0 Å². The average Bonchev–Trinajstić information content (AvgIpc) is 2.56. The Hall–Kier alpha value is -2.06. The predicted molar refractivity (Wildman–Crippen MR) is 89.2 cm³/mol. The molecule has 108 valence electrons. The van der Waals surface area contributed by atoms with Gasteiger partial charge in [-0.25, -0.2) is 0 Å². The Morgan fingerprint density at radius 2 is 1.67 bits per heavy atom. The van der Waals surface area contributed by atoms with E-state index in [9.17, 15) is 0 Å². The van der Waals surface area contributed by atoms with Gasteiger partial charge in [0.2, 0.25) is 0 Å². The standard InChI is InChI=1S/C19H22N2/c1-3-7-17(8-4-1)15-20-19-11-9-18(10-12-19)16-21-13-5-2-6-14-21/h1-5,7-12,20H,6,13-16H2. The van der Waals surface area contributed by atoms with Gasteiger partial charge >= 0.3 is 0 Å². The van der Waals surface area contributed by atoms with Crippen molar-refractivity contribution in [2.24, 2.45) is 0 Å². The lowest BCUT2D eigenvalue weighted by Gasteiger charge is -2.23. The minimum atomic E-state index is 0.872. The van der Waals surface area contributed by atoms with E-state index in [4.69, 9.17) is 0 Å². The number of rotatable bonds is 5. The van der Waals surface area contributed by atoms with Crippen LogP contribution in [0.5, 0.6) is 0 Å². The molecule has 1 aliphatic rings. The van der Waals surface area contributed by atoms with E-state index in [-0.39, 0.29) is 0 Å². The van der Waals surface area contributed by atoms with Crippen LogP contribution < -0.4 is 5.32 Å². The molecular formula is C19H22N2. The predicted octanol–water partition coefficient (Wildman–Crippen LogP) is 4.06. The number of benzene rings is 2. The van der Waals surface area contributed by atoms with Gasteiger partial charge in [0.1, 0.15) is 0 Å². The maximum atomic E-state index is 3.47. The Morgan fingerprint density at radius 3 is 2.38 bits per heavy atom. The first kappa shape index (κ1) is 13.9. The fourth-order valence-electron chi connectivity index (χ4n) is 2.62. The lowest BCUT2D eigenvalue weighted by atomic mass is 10.1. The second kappa shape index (κ2) is 7.09. The van der Waals surface area contributed by atoms with Crippen LogP contribution in [0.3, 0.4) is 0 Å². The molecule has 0 aromatic heterocycles. The van der Waals surface area contributed by atoms with Gasteiger partial charge in [0.05, 0.1) is 0 Å². The topological polar surface area (TPSA) is 15.3 Å². The summed E-state index contributed by atoms with van der Waals surface area (Å²) in [6, 6.07) is 19.3. The van der Waals surface area contributed by atoms with Crippen molar-refractivity contribution < 1.29 is 0 Å². The number of hydrogen-bond donors (Lipinski definition) is 1. The van der Waals surface area contributed by atoms with Crippen molar-refractivity contribution >= 4 is 5.69 Å². The molecule has 2 nitrogen and oxygen atoms in total. The van der Waals surface area contributed by atoms with Crippen LogP contribution in [-0.2, 0) is 13.1 Å². The summed E-state index contributed by atoms with van der Waals surface area (Å²) in [7, 11) is 0. The Morgan fingerprint density at radius 1 is 0.857 bits per heavy atom. The molecule has 0 aliphatic carbocycles. The van der Waals surface area contributed by atoms with E-state index in [1.54, 1.807) is 0 Å². The first-order valence-electron chi connectivity index (χ1n) is 7.64. The maximum absolute atomic E-state index is 3.47. The van der Waals surface area contributed by atoms with Crippen molar-refractivity contribution in [3.05, 3.63) is 77.9 Å². The van der Waals surface area contributed by atoms with E-state index in [1.165, 1.54) is 29.8 Å². The second-order valence-electron chi connectivity index (χ2n) is 5.53. The van der Waals surface area contributed by atoms with Crippen molar-refractivity contribution in [3.8, 4) is 0 Å². The van der Waals surface area contributed by atoms with Crippen LogP contribution in [0.1, 0.15) is 17.5 Å². The minimum Gasteiger partial charge on any atom is -0.381 e. The lowest BCUT2D eigenvalue weighted by Crippen LogP contribution is -2.26.